The predicted molar refractivity (Wildman–Crippen MR) is 108 cm³/mol. The molecule has 0 unspecified atom stereocenters. The Labute approximate surface area is 167 Å². The summed E-state index contributed by atoms with van der Waals surface area (Å²) in [5.74, 6) is 0.742. The molecule has 2 aromatic heterocycles. The smallest absolute Gasteiger partial charge is 0.254 e. The molecule has 9 nitrogen and oxygen atoms in total. The molecule has 1 N–H and O–H groups in total. The molecule has 0 aliphatic carbocycles. The van der Waals surface area contributed by atoms with E-state index in [1.165, 1.54) is 23.3 Å². The van der Waals surface area contributed by atoms with Crippen molar-refractivity contribution >= 4 is 17.5 Å². The molecule has 9 heteroatoms. The van der Waals surface area contributed by atoms with Gasteiger partial charge >= 0.3 is 0 Å². The van der Waals surface area contributed by atoms with Crippen molar-refractivity contribution in [2.24, 2.45) is 0 Å². The zero-order valence-corrected chi connectivity index (χ0v) is 15.7. The number of carbonyl (C=O) groups excluding carboxylic acids is 1. The number of amides is 1. The molecule has 1 aromatic carbocycles. The first-order valence-corrected chi connectivity index (χ1v) is 9.25. The second-order valence-electron chi connectivity index (χ2n) is 6.52. The highest BCUT2D eigenvalue weighted by molar-refractivity contribution is 5.89. The largest absolute Gasteiger partial charge is 0.378 e. The van der Waals surface area contributed by atoms with Gasteiger partial charge in [0, 0.05) is 30.8 Å². The number of aromatic nitrogens is 4. The molecule has 0 bridgehead atoms. The van der Waals surface area contributed by atoms with E-state index in [1.807, 2.05) is 30.3 Å². The number of nitrogens with one attached hydrogen (secondary N) is 1. The second kappa shape index (κ2) is 8.61. The van der Waals surface area contributed by atoms with Crippen LogP contribution in [-0.4, -0.2) is 51.7 Å². The standard InChI is InChI=1S/C20H20N6O3/c27-19(24-17-11-18(22-13-21-17)25-6-8-29-9-7-25)12-26-14-23-16(10-20(26)28)15-4-2-1-3-5-15/h1-5,10-11,13-14H,6-9,12H2,(H,21,22,24,27). The summed E-state index contributed by atoms with van der Waals surface area (Å²) in [5, 5.41) is 2.71. The molecule has 3 aromatic rings. The van der Waals surface area contributed by atoms with Crippen molar-refractivity contribution in [1.82, 2.24) is 19.5 Å². The van der Waals surface area contributed by atoms with Crippen molar-refractivity contribution in [2.45, 2.75) is 6.54 Å². The quantitative estimate of drug-likeness (QED) is 0.695. The molecule has 148 valence electrons. The lowest BCUT2D eigenvalue weighted by atomic mass is 10.1. The van der Waals surface area contributed by atoms with Crippen LogP contribution in [0.15, 0.2) is 59.9 Å². The van der Waals surface area contributed by atoms with Gasteiger partial charge in [0.15, 0.2) is 0 Å². The summed E-state index contributed by atoms with van der Waals surface area (Å²) in [6.45, 7) is 2.59. The normalized spacial score (nSPS) is 13.9. The van der Waals surface area contributed by atoms with E-state index in [9.17, 15) is 9.59 Å². The average molecular weight is 392 g/mol. The van der Waals surface area contributed by atoms with E-state index in [0.717, 1.165) is 24.5 Å². The van der Waals surface area contributed by atoms with Crippen LogP contribution in [0.1, 0.15) is 0 Å². The lowest BCUT2D eigenvalue weighted by Crippen LogP contribution is -2.36. The van der Waals surface area contributed by atoms with Crippen molar-refractivity contribution in [3.8, 4) is 11.3 Å². The van der Waals surface area contributed by atoms with E-state index in [-0.39, 0.29) is 18.0 Å². The van der Waals surface area contributed by atoms with Crippen LogP contribution >= 0.6 is 0 Å². The minimum atomic E-state index is -0.368. The van der Waals surface area contributed by atoms with Crippen LogP contribution in [0.3, 0.4) is 0 Å². The number of rotatable bonds is 5. The zero-order chi connectivity index (χ0) is 20.1. The van der Waals surface area contributed by atoms with Gasteiger partial charge in [0.1, 0.15) is 24.5 Å². The fraction of sp³-hybridized carbons (Fsp3) is 0.250. The van der Waals surface area contributed by atoms with Gasteiger partial charge in [-0.1, -0.05) is 30.3 Å². The van der Waals surface area contributed by atoms with Crippen LogP contribution in [0.4, 0.5) is 11.6 Å². The predicted octanol–water partition coefficient (Wildman–Crippen LogP) is 1.18. The fourth-order valence-corrected chi connectivity index (χ4v) is 3.03. The topological polar surface area (TPSA) is 102 Å². The van der Waals surface area contributed by atoms with Crippen LogP contribution in [0, 0.1) is 0 Å². The fourth-order valence-electron chi connectivity index (χ4n) is 3.03. The minimum Gasteiger partial charge on any atom is -0.378 e. The van der Waals surface area contributed by atoms with Gasteiger partial charge in [0.25, 0.3) is 5.56 Å². The Morgan fingerprint density at radius 3 is 2.62 bits per heavy atom. The Balaban J connectivity index is 1.43. The molecule has 0 spiro atoms. The lowest BCUT2D eigenvalue weighted by Gasteiger charge is -2.27. The van der Waals surface area contributed by atoms with Crippen LogP contribution < -0.4 is 15.8 Å². The van der Waals surface area contributed by atoms with Gasteiger partial charge in [-0.15, -0.1) is 0 Å². The van der Waals surface area contributed by atoms with Gasteiger partial charge in [0.05, 0.1) is 25.2 Å². The first-order chi connectivity index (χ1) is 14.2. The molecule has 1 saturated heterocycles. The van der Waals surface area contributed by atoms with Crippen molar-refractivity contribution in [3.05, 3.63) is 65.5 Å². The molecule has 0 radical (unpaired) electrons. The van der Waals surface area contributed by atoms with Crippen LogP contribution in [0.2, 0.25) is 0 Å². The Morgan fingerprint density at radius 2 is 1.86 bits per heavy atom. The van der Waals surface area contributed by atoms with Gasteiger partial charge in [-0.2, -0.15) is 0 Å². The van der Waals surface area contributed by atoms with E-state index in [1.54, 1.807) is 6.07 Å². The Kier molecular flexibility index (Phi) is 5.57. The molecule has 1 aliphatic heterocycles. The number of anilines is 2. The highest BCUT2D eigenvalue weighted by atomic mass is 16.5. The molecular weight excluding hydrogens is 372 g/mol. The number of benzene rings is 1. The summed E-state index contributed by atoms with van der Waals surface area (Å²) in [4.78, 5) is 39.4. The summed E-state index contributed by atoms with van der Waals surface area (Å²) in [6, 6.07) is 12.5. The molecule has 1 amide bonds. The van der Waals surface area contributed by atoms with E-state index in [2.05, 4.69) is 25.2 Å². The number of morpholine rings is 1. The number of hydrogen-bond donors (Lipinski definition) is 1. The van der Waals surface area contributed by atoms with E-state index in [4.69, 9.17) is 4.74 Å². The molecular formula is C20H20N6O3. The highest BCUT2D eigenvalue weighted by Gasteiger charge is 2.14. The number of hydrogen-bond acceptors (Lipinski definition) is 7. The van der Waals surface area contributed by atoms with Crippen molar-refractivity contribution < 1.29 is 9.53 Å². The Hall–Kier alpha value is -3.59. The van der Waals surface area contributed by atoms with E-state index in [0.29, 0.717) is 24.7 Å². The number of nitrogens with zero attached hydrogens (tertiary/aromatic N) is 5. The maximum Gasteiger partial charge on any atom is 0.254 e. The summed E-state index contributed by atoms with van der Waals surface area (Å²) in [7, 11) is 0. The molecule has 0 saturated carbocycles. The van der Waals surface area contributed by atoms with Crippen molar-refractivity contribution in [2.75, 3.05) is 36.5 Å². The molecule has 3 heterocycles. The van der Waals surface area contributed by atoms with E-state index >= 15 is 0 Å². The average Bonchev–Trinajstić information content (AvgIpc) is 2.76. The molecule has 29 heavy (non-hydrogen) atoms. The minimum absolute atomic E-state index is 0.155. The lowest BCUT2D eigenvalue weighted by molar-refractivity contribution is -0.116. The maximum atomic E-state index is 12.4. The Bertz CT molecular complexity index is 1050. The third-order valence-electron chi connectivity index (χ3n) is 4.52. The van der Waals surface area contributed by atoms with Crippen molar-refractivity contribution in [1.29, 1.82) is 0 Å². The molecule has 1 fully saturated rings. The third-order valence-corrected chi connectivity index (χ3v) is 4.52. The van der Waals surface area contributed by atoms with Gasteiger partial charge in [0.2, 0.25) is 5.91 Å². The summed E-state index contributed by atoms with van der Waals surface area (Å²) < 4.78 is 6.59. The second-order valence-corrected chi connectivity index (χ2v) is 6.52. The monoisotopic (exact) mass is 392 g/mol. The summed E-state index contributed by atoms with van der Waals surface area (Å²) in [6.07, 6.45) is 2.78. The van der Waals surface area contributed by atoms with Gasteiger partial charge < -0.3 is 15.0 Å². The molecule has 0 atom stereocenters. The molecule has 1 aliphatic rings. The maximum absolute atomic E-state index is 12.4. The Morgan fingerprint density at radius 1 is 1.07 bits per heavy atom. The summed E-state index contributed by atoms with van der Waals surface area (Å²) in [5.41, 5.74) is 1.11. The van der Waals surface area contributed by atoms with Gasteiger partial charge in [-0.25, -0.2) is 15.0 Å². The number of ether oxygens (including phenoxy) is 1. The van der Waals surface area contributed by atoms with Crippen molar-refractivity contribution in [3.63, 3.8) is 0 Å². The SMILES string of the molecule is O=C(Cn1cnc(-c2ccccc2)cc1=O)Nc1cc(N2CCOCC2)ncn1. The zero-order valence-electron chi connectivity index (χ0n) is 15.7. The summed E-state index contributed by atoms with van der Waals surface area (Å²) >= 11 is 0. The number of carbonyl (C=O) groups is 1. The first-order valence-electron chi connectivity index (χ1n) is 9.25. The van der Waals surface area contributed by atoms with Gasteiger partial charge in [-0.3, -0.25) is 14.2 Å². The third kappa shape index (κ3) is 4.64. The highest BCUT2D eigenvalue weighted by Crippen LogP contribution is 2.16. The first kappa shape index (κ1) is 18.8. The van der Waals surface area contributed by atoms with Crippen LogP contribution in [0.25, 0.3) is 11.3 Å². The van der Waals surface area contributed by atoms with Crippen LogP contribution in [-0.2, 0) is 16.1 Å². The molecule has 4 rings (SSSR count). The van der Waals surface area contributed by atoms with Crippen LogP contribution in [0.5, 0.6) is 0 Å². The van der Waals surface area contributed by atoms with E-state index < -0.39 is 0 Å². The van der Waals surface area contributed by atoms with Gasteiger partial charge in [-0.05, 0) is 0 Å².